The van der Waals surface area contributed by atoms with E-state index in [9.17, 15) is 10.2 Å². The van der Waals surface area contributed by atoms with Crippen molar-refractivity contribution in [2.75, 3.05) is 0 Å². The summed E-state index contributed by atoms with van der Waals surface area (Å²) >= 11 is 0. The molecular weight excluding hydrogens is 296 g/mol. The molecule has 0 heterocycles. The van der Waals surface area contributed by atoms with E-state index in [0.717, 1.165) is 21.9 Å². The molecular formula is C22H16O2. The van der Waals surface area contributed by atoms with Crippen LogP contribution in [0.1, 0.15) is 17.2 Å². The van der Waals surface area contributed by atoms with Gasteiger partial charge in [0.2, 0.25) is 0 Å². The Balaban J connectivity index is 1.93. The van der Waals surface area contributed by atoms with Crippen molar-refractivity contribution in [1.82, 2.24) is 0 Å². The summed E-state index contributed by atoms with van der Waals surface area (Å²) in [6.45, 7) is 0. The molecule has 0 amide bonds. The Hall–Kier alpha value is -2.68. The topological polar surface area (TPSA) is 40.5 Å². The van der Waals surface area contributed by atoms with E-state index in [0.29, 0.717) is 0 Å². The Labute approximate surface area is 139 Å². The second kappa shape index (κ2) is 4.91. The molecule has 2 heteroatoms. The van der Waals surface area contributed by atoms with Crippen LogP contribution in [0.3, 0.4) is 0 Å². The van der Waals surface area contributed by atoms with Gasteiger partial charge in [0.25, 0.3) is 0 Å². The highest BCUT2D eigenvalue weighted by Crippen LogP contribution is 2.38. The van der Waals surface area contributed by atoms with Crippen molar-refractivity contribution >= 4 is 38.4 Å². The highest BCUT2D eigenvalue weighted by atomic mass is 16.3. The summed E-state index contributed by atoms with van der Waals surface area (Å²) in [6, 6.07) is 21.0. The normalized spacial score (nSPS) is 19.9. The zero-order chi connectivity index (χ0) is 16.3. The molecule has 0 spiro atoms. The summed E-state index contributed by atoms with van der Waals surface area (Å²) in [5, 5.41) is 27.4. The maximum atomic E-state index is 10.5. The fourth-order valence-corrected chi connectivity index (χ4v) is 3.90. The predicted octanol–water partition coefficient (Wildman–Crippen LogP) is 4.57. The summed E-state index contributed by atoms with van der Waals surface area (Å²) in [7, 11) is 0. The van der Waals surface area contributed by atoms with Crippen molar-refractivity contribution in [3.63, 3.8) is 0 Å². The van der Waals surface area contributed by atoms with Crippen LogP contribution < -0.4 is 0 Å². The van der Waals surface area contributed by atoms with E-state index in [2.05, 4.69) is 54.6 Å². The van der Waals surface area contributed by atoms with Gasteiger partial charge >= 0.3 is 0 Å². The van der Waals surface area contributed by atoms with Crippen LogP contribution >= 0.6 is 0 Å². The molecule has 5 rings (SSSR count). The quantitative estimate of drug-likeness (QED) is 0.467. The molecule has 0 aromatic heterocycles. The molecule has 2 atom stereocenters. The molecule has 0 aliphatic heterocycles. The number of hydrogen-bond acceptors (Lipinski definition) is 2. The Morgan fingerprint density at radius 1 is 0.625 bits per heavy atom. The third-order valence-corrected chi connectivity index (χ3v) is 5.09. The third-order valence-electron chi connectivity index (χ3n) is 5.09. The second-order valence-electron chi connectivity index (χ2n) is 6.41. The first kappa shape index (κ1) is 13.7. The van der Waals surface area contributed by atoms with Gasteiger partial charge in [0, 0.05) is 0 Å². The zero-order valence-electron chi connectivity index (χ0n) is 13.0. The number of fused-ring (bicyclic) bond motifs is 7. The van der Waals surface area contributed by atoms with Crippen LogP contribution in [-0.4, -0.2) is 16.3 Å². The maximum Gasteiger partial charge on any atom is 0.110 e. The number of hydrogen-bond donors (Lipinski definition) is 2. The van der Waals surface area contributed by atoms with Gasteiger partial charge in [-0.2, -0.15) is 0 Å². The lowest BCUT2D eigenvalue weighted by Gasteiger charge is -2.24. The Morgan fingerprint density at radius 2 is 1.29 bits per heavy atom. The number of aliphatic hydroxyl groups is 2. The van der Waals surface area contributed by atoms with E-state index in [1.807, 2.05) is 12.1 Å². The summed E-state index contributed by atoms with van der Waals surface area (Å²) < 4.78 is 0. The molecule has 0 radical (unpaired) electrons. The summed E-state index contributed by atoms with van der Waals surface area (Å²) in [5.74, 6) is 0. The lowest BCUT2D eigenvalue weighted by atomic mass is 9.86. The van der Waals surface area contributed by atoms with Crippen LogP contribution in [0.15, 0.2) is 66.7 Å². The van der Waals surface area contributed by atoms with Crippen LogP contribution in [0.5, 0.6) is 0 Å². The largest absolute Gasteiger partial charge is 0.386 e. The van der Waals surface area contributed by atoms with Crippen LogP contribution in [0.2, 0.25) is 0 Å². The van der Waals surface area contributed by atoms with Crippen LogP contribution in [0.4, 0.5) is 0 Å². The van der Waals surface area contributed by atoms with Gasteiger partial charge in [0.1, 0.15) is 12.2 Å². The lowest BCUT2D eigenvalue weighted by molar-refractivity contribution is 0.0480. The third kappa shape index (κ3) is 1.78. The standard InChI is InChI=1S/C22H16O2/c23-20-12-7-14-6-9-18-17-8-5-13-3-1-2-4-15(13)16(17)10-11-19(18)21(14)22(20)24/h1-12,20,22-24H/t20-,22+/m1/s1. The van der Waals surface area contributed by atoms with Gasteiger partial charge in [-0.25, -0.2) is 0 Å². The molecule has 116 valence electrons. The van der Waals surface area contributed by atoms with Gasteiger partial charge in [-0.1, -0.05) is 72.8 Å². The number of rotatable bonds is 0. The first-order chi connectivity index (χ1) is 11.7. The number of benzene rings is 4. The smallest absolute Gasteiger partial charge is 0.110 e. The average molecular weight is 312 g/mol. The molecule has 0 bridgehead atoms. The Bertz CT molecular complexity index is 1140. The second-order valence-corrected chi connectivity index (χ2v) is 6.41. The molecule has 0 saturated heterocycles. The summed E-state index contributed by atoms with van der Waals surface area (Å²) in [6.07, 6.45) is 1.80. The molecule has 2 N–H and O–H groups in total. The first-order valence-electron chi connectivity index (χ1n) is 8.15. The molecule has 4 aromatic rings. The molecule has 4 aromatic carbocycles. The van der Waals surface area contributed by atoms with Gasteiger partial charge in [-0.15, -0.1) is 0 Å². The van der Waals surface area contributed by atoms with Crippen molar-refractivity contribution in [2.24, 2.45) is 0 Å². The van der Waals surface area contributed by atoms with Gasteiger partial charge in [0.15, 0.2) is 0 Å². The lowest BCUT2D eigenvalue weighted by Crippen LogP contribution is -2.19. The van der Waals surface area contributed by atoms with E-state index in [1.54, 1.807) is 6.08 Å². The monoisotopic (exact) mass is 312 g/mol. The maximum absolute atomic E-state index is 10.5. The highest BCUT2D eigenvalue weighted by molar-refractivity contribution is 6.18. The van der Waals surface area contributed by atoms with Crippen molar-refractivity contribution < 1.29 is 10.2 Å². The number of aliphatic hydroxyl groups excluding tert-OH is 2. The van der Waals surface area contributed by atoms with Crippen LogP contribution in [0, 0.1) is 0 Å². The van der Waals surface area contributed by atoms with Gasteiger partial charge in [-0.3, -0.25) is 0 Å². The van der Waals surface area contributed by atoms with Crippen molar-refractivity contribution in [3.8, 4) is 0 Å². The predicted molar refractivity (Wildman–Crippen MR) is 99.0 cm³/mol. The van der Waals surface area contributed by atoms with Gasteiger partial charge < -0.3 is 10.2 Å². The molecule has 1 aliphatic rings. The first-order valence-corrected chi connectivity index (χ1v) is 8.15. The van der Waals surface area contributed by atoms with E-state index in [4.69, 9.17) is 0 Å². The molecule has 2 nitrogen and oxygen atoms in total. The zero-order valence-corrected chi connectivity index (χ0v) is 13.0. The molecule has 0 fully saturated rings. The average Bonchev–Trinajstić information content (AvgIpc) is 2.63. The van der Waals surface area contributed by atoms with Crippen LogP contribution in [-0.2, 0) is 0 Å². The minimum atomic E-state index is -0.883. The van der Waals surface area contributed by atoms with E-state index >= 15 is 0 Å². The van der Waals surface area contributed by atoms with Crippen molar-refractivity contribution in [1.29, 1.82) is 0 Å². The molecule has 0 saturated carbocycles. The van der Waals surface area contributed by atoms with E-state index < -0.39 is 12.2 Å². The fourth-order valence-electron chi connectivity index (χ4n) is 3.90. The van der Waals surface area contributed by atoms with Crippen LogP contribution in [0.25, 0.3) is 38.4 Å². The minimum absolute atomic E-state index is 0.817. The minimum Gasteiger partial charge on any atom is -0.386 e. The Morgan fingerprint density at radius 3 is 2.21 bits per heavy atom. The molecule has 1 aliphatic carbocycles. The van der Waals surface area contributed by atoms with Crippen molar-refractivity contribution in [3.05, 3.63) is 77.9 Å². The summed E-state index contributed by atoms with van der Waals surface area (Å²) in [4.78, 5) is 0. The SMILES string of the molecule is O[C@@H]1C=Cc2ccc3c(ccc4c5ccccc5ccc34)c2[C@H]1O. The summed E-state index contributed by atoms with van der Waals surface area (Å²) in [5.41, 5.74) is 1.79. The van der Waals surface area contributed by atoms with Gasteiger partial charge in [0.05, 0.1) is 0 Å². The van der Waals surface area contributed by atoms with Gasteiger partial charge in [-0.05, 0) is 43.4 Å². The van der Waals surface area contributed by atoms with Crippen molar-refractivity contribution in [2.45, 2.75) is 12.2 Å². The molecule has 24 heavy (non-hydrogen) atoms. The van der Waals surface area contributed by atoms with E-state index in [-0.39, 0.29) is 0 Å². The van der Waals surface area contributed by atoms with E-state index in [1.165, 1.54) is 21.5 Å². The fraction of sp³-hybridized carbons (Fsp3) is 0.0909. The highest BCUT2D eigenvalue weighted by Gasteiger charge is 2.24. The molecule has 0 unspecified atom stereocenters. The Kier molecular flexibility index (Phi) is 2.81.